The largest absolute Gasteiger partial charge is 0.339 e. The number of hydrogen-bond acceptors (Lipinski definition) is 4. The van der Waals surface area contributed by atoms with Crippen molar-refractivity contribution < 1.29 is 4.52 Å². The Kier molecular flexibility index (Phi) is 5.17. The zero-order chi connectivity index (χ0) is 12.8. The van der Waals surface area contributed by atoms with E-state index >= 15 is 0 Å². The molecule has 1 aliphatic rings. The van der Waals surface area contributed by atoms with Crippen LogP contribution >= 0.6 is 0 Å². The Hall–Kier alpha value is -0.900. The molecule has 102 valence electrons. The van der Waals surface area contributed by atoms with E-state index in [1.807, 2.05) is 0 Å². The molecule has 4 nitrogen and oxygen atoms in total. The maximum atomic E-state index is 5.34. The number of nitrogens with one attached hydrogen (secondary N) is 1. The zero-order valence-corrected chi connectivity index (χ0v) is 11.6. The molecule has 1 unspecified atom stereocenters. The molecule has 0 bridgehead atoms. The van der Waals surface area contributed by atoms with Crippen molar-refractivity contribution in [2.45, 2.75) is 70.8 Å². The van der Waals surface area contributed by atoms with E-state index in [-0.39, 0.29) is 0 Å². The molecule has 1 aromatic heterocycles. The average Bonchev–Trinajstić information content (AvgIpc) is 3.03. The minimum atomic E-state index is 0.520. The molecule has 0 aromatic carbocycles. The van der Waals surface area contributed by atoms with Gasteiger partial charge in [-0.2, -0.15) is 4.98 Å². The second-order valence-corrected chi connectivity index (χ2v) is 5.42. The summed E-state index contributed by atoms with van der Waals surface area (Å²) < 4.78 is 5.34. The van der Waals surface area contributed by atoms with Gasteiger partial charge in [0.25, 0.3) is 0 Å². The highest BCUT2D eigenvalue weighted by Crippen LogP contribution is 2.32. The summed E-state index contributed by atoms with van der Waals surface area (Å²) in [7, 11) is 0. The molecule has 0 amide bonds. The number of nitrogens with zero attached hydrogens (tertiary/aromatic N) is 2. The Morgan fingerprint density at radius 1 is 1.39 bits per heavy atom. The van der Waals surface area contributed by atoms with Crippen molar-refractivity contribution in [3.63, 3.8) is 0 Å². The monoisotopic (exact) mass is 251 g/mol. The Morgan fingerprint density at radius 2 is 2.17 bits per heavy atom. The van der Waals surface area contributed by atoms with Gasteiger partial charge in [-0.15, -0.1) is 0 Å². The first-order valence-corrected chi connectivity index (χ1v) is 7.35. The van der Waals surface area contributed by atoms with Crippen LogP contribution in [0, 0.1) is 0 Å². The Bertz CT molecular complexity index is 345. The fourth-order valence-corrected chi connectivity index (χ4v) is 2.55. The first kappa shape index (κ1) is 13.5. The van der Waals surface area contributed by atoms with Crippen molar-refractivity contribution in [3.8, 4) is 0 Å². The number of aryl methyl sites for hydroxylation is 1. The summed E-state index contributed by atoms with van der Waals surface area (Å²) in [5, 5.41) is 7.61. The molecule has 1 N–H and O–H groups in total. The highest BCUT2D eigenvalue weighted by molar-refractivity contribution is 4.98. The van der Waals surface area contributed by atoms with E-state index in [1.165, 1.54) is 32.1 Å². The van der Waals surface area contributed by atoms with E-state index in [0.29, 0.717) is 12.0 Å². The molecule has 1 heterocycles. The van der Waals surface area contributed by atoms with E-state index in [1.54, 1.807) is 0 Å². The van der Waals surface area contributed by atoms with Gasteiger partial charge in [0.2, 0.25) is 5.89 Å². The van der Waals surface area contributed by atoms with Crippen molar-refractivity contribution in [1.29, 1.82) is 0 Å². The van der Waals surface area contributed by atoms with Crippen LogP contribution in [0.15, 0.2) is 4.52 Å². The lowest BCUT2D eigenvalue weighted by Gasteiger charge is -2.10. The Balaban J connectivity index is 1.76. The molecule has 0 spiro atoms. The molecule has 1 atom stereocenters. The molecular formula is C14H25N3O. The minimum Gasteiger partial charge on any atom is -0.339 e. The summed E-state index contributed by atoms with van der Waals surface area (Å²) in [4.78, 5) is 4.54. The second kappa shape index (κ2) is 6.88. The topological polar surface area (TPSA) is 51.0 Å². The van der Waals surface area contributed by atoms with Crippen molar-refractivity contribution in [2.24, 2.45) is 0 Å². The van der Waals surface area contributed by atoms with Crippen LogP contribution in [0.2, 0.25) is 0 Å². The molecule has 0 saturated heterocycles. The quantitative estimate of drug-likeness (QED) is 0.809. The van der Waals surface area contributed by atoms with Gasteiger partial charge in [-0.1, -0.05) is 24.9 Å². The molecule has 1 aliphatic carbocycles. The zero-order valence-electron chi connectivity index (χ0n) is 11.6. The fraction of sp³-hybridized carbons (Fsp3) is 0.857. The van der Waals surface area contributed by atoms with Crippen LogP contribution in [0.25, 0.3) is 0 Å². The van der Waals surface area contributed by atoms with E-state index in [4.69, 9.17) is 4.52 Å². The SMILES string of the molecule is CCCNC(C)CCc1nc(C2CCCC2)no1. The molecule has 1 saturated carbocycles. The van der Waals surface area contributed by atoms with Gasteiger partial charge in [-0.25, -0.2) is 0 Å². The third kappa shape index (κ3) is 3.80. The molecule has 1 aromatic rings. The predicted molar refractivity (Wildman–Crippen MR) is 71.6 cm³/mol. The van der Waals surface area contributed by atoms with E-state index in [9.17, 15) is 0 Å². The Labute approximate surface area is 110 Å². The molecule has 18 heavy (non-hydrogen) atoms. The summed E-state index contributed by atoms with van der Waals surface area (Å²) in [5.74, 6) is 2.30. The lowest BCUT2D eigenvalue weighted by Crippen LogP contribution is -2.27. The van der Waals surface area contributed by atoms with E-state index in [2.05, 4.69) is 29.3 Å². The first-order chi connectivity index (χ1) is 8.79. The van der Waals surface area contributed by atoms with Gasteiger partial charge in [0.1, 0.15) is 0 Å². The van der Waals surface area contributed by atoms with Gasteiger partial charge in [-0.05, 0) is 39.2 Å². The molecular weight excluding hydrogens is 226 g/mol. The van der Waals surface area contributed by atoms with Crippen LogP contribution in [0.1, 0.15) is 70.0 Å². The summed E-state index contributed by atoms with van der Waals surface area (Å²) in [6, 6.07) is 0.520. The maximum Gasteiger partial charge on any atom is 0.226 e. The van der Waals surface area contributed by atoms with Crippen LogP contribution in [-0.2, 0) is 6.42 Å². The van der Waals surface area contributed by atoms with Crippen LogP contribution in [0.5, 0.6) is 0 Å². The predicted octanol–water partition coefficient (Wildman–Crippen LogP) is 3.05. The lowest BCUT2D eigenvalue weighted by molar-refractivity contribution is 0.359. The minimum absolute atomic E-state index is 0.520. The van der Waals surface area contributed by atoms with Crippen molar-refractivity contribution >= 4 is 0 Å². The molecule has 2 rings (SSSR count). The highest BCUT2D eigenvalue weighted by atomic mass is 16.5. The van der Waals surface area contributed by atoms with Gasteiger partial charge in [0, 0.05) is 18.4 Å². The number of aromatic nitrogens is 2. The normalized spacial score (nSPS) is 18.3. The average molecular weight is 251 g/mol. The van der Waals surface area contributed by atoms with E-state index in [0.717, 1.165) is 31.1 Å². The molecule has 0 radical (unpaired) electrons. The van der Waals surface area contributed by atoms with Crippen LogP contribution < -0.4 is 5.32 Å². The van der Waals surface area contributed by atoms with Gasteiger partial charge >= 0.3 is 0 Å². The fourth-order valence-electron chi connectivity index (χ4n) is 2.55. The van der Waals surface area contributed by atoms with Crippen molar-refractivity contribution in [3.05, 3.63) is 11.7 Å². The van der Waals surface area contributed by atoms with Crippen molar-refractivity contribution in [2.75, 3.05) is 6.54 Å². The molecule has 0 aliphatic heterocycles. The van der Waals surface area contributed by atoms with Crippen LogP contribution in [0.3, 0.4) is 0 Å². The number of rotatable bonds is 7. The van der Waals surface area contributed by atoms with Gasteiger partial charge in [0.15, 0.2) is 5.82 Å². The summed E-state index contributed by atoms with van der Waals surface area (Å²) in [6.07, 6.45) is 8.21. The Morgan fingerprint density at radius 3 is 2.89 bits per heavy atom. The third-order valence-electron chi connectivity index (χ3n) is 3.74. The van der Waals surface area contributed by atoms with Gasteiger partial charge in [-0.3, -0.25) is 0 Å². The van der Waals surface area contributed by atoms with E-state index < -0.39 is 0 Å². The summed E-state index contributed by atoms with van der Waals surface area (Å²) in [6.45, 7) is 5.48. The van der Waals surface area contributed by atoms with Crippen molar-refractivity contribution in [1.82, 2.24) is 15.5 Å². The first-order valence-electron chi connectivity index (χ1n) is 7.35. The lowest BCUT2D eigenvalue weighted by atomic mass is 10.1. The van der Waals surface area contributed by atoms with Crippen LogP contribution in [0.4, 0.5) is 0 Å². The smallest absolute Gasteiger partial charge is 0.226 e. The third-order valence-corrected chi connectivity index (χ3v) is 3.74. The highest BCUT2D eigenvalue weighted by Gasteiger charge is 2.22. The second-order valence-electron chi connectivity index (χ2n) is 5.42. The summed E-state index contributed by atoms with van der Waals surface area (Å²) in [5.41, 5.74) is 0. The van der Waals surface area contributed by atoms with Gasteiger partial charge < -0.3 is 9.84 Å². The number of hydrogen-bond donors (Lipinski definition) is 1. The summed E-state index contributed by atoms with van der Waals surface area (Å²) >= 11 is 0. The molecule has 4 heteroatoms. The standard InChI is InChI=1S/C14H25N3O/c1-3-10-15-11(2)8-9-13-16-14(17-18-13)12-6-4-5-7-12/h11-12,15H,3-10H2,1-2H3. The van der Waals surface area contributed by atoms with Gasteiger partial charge in [0.05, 0.1) is 0 Å². The maximum absolute atomic E-state index is 5.34. The van der Waals surface area contributed by atoms with Crippen LogP contribution in [-0.4, -0.2) is 22.7 Å². The molecule has 1 fully saturated rings.